The molecule has 0 saturated carbocycles. The number of aliphatic carboxylic acids is 1. The Morgan fingerprint density at radius 1 is 1.26 bits per heavy atom. The molecule has 2 rings (SSSR count). The maximum Gasteiger partial charge on any atom is 0.322 e. The topological polar surface area (TPSA) is 138 Å². The summed E-state index contributed by atoms with van der Waals surface area (Å²) in [6.45, 7) is -1.45. The number of carboxylic acid groups (broad SMARTS) is 1. The fraction of sp³-hybridized carbons (Fsp3) is 0.308. The molecule has 10 heteroatoms. The Kier molecular flexibility index (Phi) is 5.07. The van der Waals surface area contributed by atoms with Gasteiger partial charge in [0.05, 0.1) is 6.54 Å². The number of hydrogen-bond donors (Lipinski definition) is 3. The molecule has 0 saturated heterocycles. The van der Waals surface area contributed by atoms with E-state index in [1.165, 1.54) is 6.20 Å². The highest BCUT2D eigenvalue weighted by molar-refractivity contribution is 6.01. The summed E-state index contributed by atoms with van der Waals surface area (Å²) in [6.07, 6.45) is 1.46. The molecule has 0 aliphatic carbocycles. The molecule has 23 heavy (non-hydrogen) atoms. The lowest BCUT2D eigenvalue weighted by atomic mass is 10.3. The van der Waals surface area contributed by atoms with Crippen LogP contribution in [0.15, 0.2) is 18.3 Å². The standard InChI is InChI=1S/C13H14N4O6/c18-9(16-5-12(21)22)4-15-10(19)6-17-11(20)7-23-8-2-1-3-14-13(8)17/h1-3H,4-7H2,(H,15,19)(H,16,18)(H,21,22). The van der Waals surface area contributed by atoms with E-state index in [1.807, 2.05) is 0 Å². The summed E-state index contributed by atoms with van der Waals surface area (Å²) in [6, 6.07) is 3.26. The van der Waals surface area contributed by atoms with E-state index in [-0.39, 0.29) is 25.5 Å². The van der Waals surface area contributed by atoms with Crippen molar-refractivity contribution in [1.82, 2.24) is 15.6 Å². The molecule has 1 aromatic rings. The highest BCUT2D eigenvalue weighted by Gasteiger charge is 2.28. The van der Waals surface area contributed by atoms with Crippen LogP contribution in [-0.2, 0) is 19.2 Å². The molecule has 1 aliphatic rings. The Balaban J connectivity index is 1.89. The molecule has 122 valence electrons. The van der Waals surface area contributed by atoms with Crippen LogP contribution in [0.5, 0.6) is 5.75 Å². The molecule has 3 amide bonds. The van der Waals surface area contributed by atoms with Gasteiger partial charge >= 0.3 is 5.97 Å². The van der Waals surface area contributed by atoms with Crippen LogP contribution < -0.4 is 20.3 Å². The number of amides is 3. The maximum atomic E-state index is 11.8. The van der Waals surface area contributed by atoms with Gasteiger partial charge in [-0.15, -0.1) is 0 Å². The van der Waals surface area contributed by atoms with Crippen LogP contribution >= 0.6 is 0 Å². The predicted molar refractivity (Wildman–Crippen MR) is 75.7 cm³/mol. The predicted octanol–water partition coefficient (Wildman–Crippen LogP) is -1.88. The molecule has 0 atom stereocenters. The summed E-state index contributed by atoms with van der Waals surface area (Å²) in [5, 5.41) is 12.8. The largest absolute Gasteiger partial charge is 0.480 e. The number of anilines is 1. The molecule has 0 unspecified atom stereocenters. The number of hydrogen-bond acceptors (Lipinski definition) is 6. The fourth-order valence-electron chi connectivity index (χ4n) is 1.81. The number of carbonyl (C=O) groups excluding carboxylic acids is 3. The first kappa shape index (κ1) is 16.2. The fourth-order valence-corrected chi connectivity index (χ4v) is 1.81. The molecule has 0 fully saturated rings. The SMILES string of the molecule is O=C(O)CNC(=O)CNC(=O)CN1C(=O)COc2cccnc21. The number of nitrogens with zero attached hydrogens (tertiary/aromatic N) is 2. The minimum absolute atomic E-state index is 0.203. The van der Waals surface area contributed by atoms with E-state index in [2.05, 4.69) is 15.6 Å². The summed E-state index contributed by atoms with van der Waals surface area (Å²) in [5.74, 6) is -2.23. The number of fused-ring (bicyclic) bond motifs is 1. The number of rotatable bonds is 6. The maximum absolute atomic E-state index is 11.8. The van der Waals surface area contributed by atoms with Crippen molar-refractivity contribution in [1.29, 1.82) is 0 Å². The van der Waals surface area contributed by atoms with Crippen molar-refractivity contribution in [2.24, 2.45) is 0 Å². The zero-order valence-corrected chi connectivity index (χ0v) is 11.9. The van der Waals surface area contributed by atoms with Crippen molar-refractivity contribution in [3.63, 3.8) is 0 Å². The van der Waals surface area contributed by atoms with Gasteiger partial charge < -0.3 is 20.5 Å². The summed E-state index contributed by atoms with van der Waals surface area (Å²) in [7, 11) is 0. The second-order valence-electron chi connectivity index (χ2n) is 4.54. The van der Waals surface area contributed by atoms with Crippen molar-refractivity contribution in [3.8, 4) is 5.75 Å². The van der Waals surface area contributed by atoms with Gasteiger partial charge in [-0.1, -0.05) is 0 Å². The molecule has 1 aromatic heterocycles. The summed E-state index contributed by atoms with van der Waals surface area (Å²) < 4.78 is 5.19. The molecule has 0 spiro atoms. The Bertz CT molecular complexity index is 647. The highest BCUT2D eigenvalue weighted by Crippen LogP contribution is 2.28. The van der Waals surface area contributed by atoms with Crippen LogP contribution in [0.4, 0.5) is 5.82 Å². The van der Waals surface area contributed by atoms with E-state index >= 15 is 0 Å². The van der Waals surface area contributed by atoms with Gasteiger partial charge in [0.2, 0.25) is 11.8 Å². The van der Waals surface area contributed by atoms with Gasteiger partial charge in [-0.25, -0.2) is 4.98 Å². The van der Waals surface area contributed by atoms with Crippen molar-refractivity contribution >= 4 is 29.5 Å². The first-order valence-corrected chi connectivity index (χ1v) is 6.60. The van der Waals surface area contributed by atoms with Crippen molar-refractivity contribution in [2.75, 3.05) is 31.1 Å². The van der Waals surface area contributed by atoms with Gasteiger partial charge in [-0.3, -0.25) is 24.1 Å². The quantitative estimate of drug-likeness (QED) is 0.557. The highest BCUT2D eigenvalue weighted by atomic mass is 16.5. The Labute approximate surface area is 130 Å². The summed E-state index contributed by atoms with van der Waals surface area (Å²) in [5.41, 5.74) is 0. The van der Waals surface area contributed by atoms with E-state index in [0.717, 1.165) is 4.90 Å². The molecule has 2 heterocycles. The zero-order valence-electron chi connectivity index (χ0n) is 11.9. The van der Waals surface area contributed by atoms with Gasteiger partial charge in [0.1, 0.15) is 13.1 Å². The smallest absolute Gasteiger partial charge is 0.322 e. The van der Waals surface area contributed by atoms with Crippen LogP contribution in [0, 0.1) is 0 Å². The molecule has 0 bridgehead atoms. The van der Waals surface area contributed by atoms with Crippen molar-refractivity contribution in [3.05, 3.63) is 18.3 Å². The van der Waals surface area contributed by atoms with Crippen LogP contribution in [0.25, 0.3) is 0 Å². The minimum Gasteiger partial charge on any atom is -0.480 e. The third kappa shape index (κ3) is 4.40. The number of carbonyl (C=O) groups is 4. The molecular formula is C13H14N4O6. The van der Waals surface area contributed by atoms with Crippen LogP contribution in [0.3, 0.4) is 0 Å². The van der Waals surface area contributed by atoms with Gasteiger partial charge in [0.25, 0.3) is 5.91 Å². The van der Waals surface area contributed by atoms with Gasteiger partial charge in [-0.05, 0) is 12.1 Å². The second-order valence-corrected chi connectivity index (χ2v) is 4.54. The van der Waals surface area contributed by atoms with Gasteiger partial charge in [-0.2, -0.15) is 0 Å². The molecule has 0 aromatic carbocycles. The van der Waals surface area contributed by atoms with Crippen LogP contribution in [0.1, 0.15) is 0 Å². The number of aromatic nitrogens is 1. The third-order valence-electron chi connectivity index (χ3n) is 2.84. The lowest BCUT2D eigenvalue weighted by Gasteiger charge is -2.27. The lowest BCUT2D eigenvalue weighted by Crippen LogP contribution is -2.47. The molecule has 0 radical (unpaired) electrons. The van der Waals surface area contributed by atoms with Gasteiger partial charge in [0, 0.05) is 6.20 Å². The average Bonchev–Trinajstić information content (AvgIpc) is 2.53. The number of carboxylic acids is 1. The first-order chi connectivity index (χ1) is 11.0. The average molecular weight is 322 g/mol. The van der Waals surface area contributed by atoms with Crippen LogP contribution in [-0.4, -0.2) is 60.0 Å². The zero-order chi connectivity index (χ0) is 16.8. The Morgan fingerprint density at radius 2 is 2.00 bits per heavy atom. The number of pyridine rings is 1. The van der Waals surface area contributed by atoms with Crippen molar-refractivity contribution in [2.45, 2.75) is 0 Å². The minimum atomic E-state index is -1.19. The Morgan fingerprint density at radius 3 is 2.74 bits per heavy atom. The molecular weight excluding hydrogens is 308 g/mol. The van der Waals surface area contributed by atoms with E-state index in [9.17, 15) is 19.2 Å². The van der Waals surface area contributed by atoms with Crippen molar-refractivity contribution < 1.29 is 29.0 Å². The van der Waals surface area contributed by atoms with Crippen LogP contribution in [0.2, 0.25) is 0 Å². The third-order valence-corrected chi connectivity index (χ3v) is 2.84. The summed E-state index contributed by atoms with van der Waals surface area (Å²) in [4.78, 5) is 50.4. The van der Waals surface area contributed by atoms with E-state index in [0.29, 0.717) is 5.75 Å². The van der Waals surface area contributed by atoms with E-state index < -0.39 is 30.2 Å². The van der Waals surface area contributed by atoms with E-state index in [1.54, 1.807) is 12.1 Å². The lowest BCUT2D eigenvalue weighted by molar-refractivity contribution is -0.137. The molecule has 3 N–H and O–H groups in total. The molecule has 10 nitrogen and oxygen atoms in total. The second kappa shape index (κ2) is 7.20. The first-order valence-electron chi connectivity index (χ1n) is 6.60. The molecule has 1 aliphatic heterocycles. The monoisotopic (exact) mass is 322 g/mol. The number of ether oxygens (including phenoxy) is 1. The number of nitrogens with one attached hydrogen (secondary N) is 2. The summed E-state index contributed by atoms with van der Waals surface area (Å²) >= 11 is 0. The van der Waals surface area contributed by atoms with E-state index in [4.69, 9.17) is 9.84 Å². The van der Waals surface area contributed by atoms with Gasteiger partial charge in [0.15, 0.2) is 18.2 Å². The Hall–Kier alpha value is -3.17. The normalized spacial score (nSPS) is 12.9.